The molecule has 3 aromatic rings. The maximum absolute atomic E-state index is 13.8. The summed E-state index contributed by atoms with van der Waals surface area (Å²) in [6.07, 6.45) is 0. The molecular formula is C25H27FN2O5S. The molecule has 1 N–H and O–H groups in total. The molecule has 34 heavy (non-hydrogen) atoms. The second kappa shape index (κ2) is 10.6. The first kappa shape index (κ1) is 25.0. The standard InChI is InChI=1S/C25H27FN2O5S/c1-17-8-13-23(33-4)24(14-17)34(30,31)28(21-6-5-7-22(15-21)32-3)16-25(29)27-18(2)19-9-11-20(26)12-10-19/h5-15,18H,16H2,1-4H3,(H,27,29)/t18-/m0/s1. The summed E-state index contributed by atoms with van der Waals surface area (Å²) in [5.74, 6) is -0.313. The van der Waals surface area contributed by atoms with E-state index in [1.807, 2.05) is 0 Å². The Labute approximate surface area is 199 Å². The van der Waals surface area contributed by atoms with Crippen LogP contribution < -0.4 is 19.1 Å². The van der Waals surface area contributed by atoms with Crippen LogP contribution in [0.3, 0.4) is 0 Å². The SMILES string of the molecule is COc1cccc(N(CC(=O)N[C@@H](C)c2ccc(F)cc2)S(=O)(=O)c2cc(C)ccc2OC)c1. The van der Waals surface area contributed by atoms with Gasteiger partial charge in [0.2, 0.25) is 5.91 Å². The molecule has 0 fully saturated rings. The number of amides is 1. The summed E-state index contributed by atoms with van der Waals surface area (Å²) in [6, 6.07) is 16.5. The van der Waals surface area contributed by atoms with Crippen molar-refractivity contribution in [3.63, 3.8) is 0 Å². The number of sulfonamides is 1. The third-order valence-corrected chi connectivity index (χ3v) is 7.06. The summed E-state index contributed by atoms with van der Waals surface area (Å²) in [7, 11) is -1.35. The molecule has 0 saturated carbocycles. The fourth-order valence-corrected chi connectivity index (χ4v) is 5.09. The van der Waals surface area contributed by atoms with Gasteiger partial charge in [0.15, 0.2) is 0 Å². The Morgan fingerprint density at radius 2 is 1.74 bits per heavy atom. The maximum Gasteiger partial charge on any atom is 0.268 e. The van der Waals surface area contributed by atoms with E-state index in [0.29, 0.717) is 11.3 Å². The lowest BCUT2D eigenvalue weighted by Gasteiger charge is -2.26. The van der Waals surface area contributed by atoms with Gasteiger partial charge in [-0.05, 0) is 61.4 Å². The van der Waals surface area contributed by atoms with Gasteiger partial charge in [-0.2, -0.15) is 0 Å². The summed E-state index contributed by atoms with van der Waals surface area (Å²) in [5.41, 5.74) is 1.66. The van der Waals surface area contributed by atoms with Crippen molar-refractivity contribution in [2.24, 2.45) is 0 Å². The molecule has 0 saturated heterocycles. The van der Waals surface area contributed by atoms with Crippen LogP contribution in [0.2, 0.25) is 0 Å². The predicted molar refractivity (Wildman–Crippen MR) is 128 cm³/mol. The lowest BCUT2D eigenvalue weighted by molar-refractivity contribution is -0.120. The molecule has 7 nitrogen and oxygen atoms in total. The molecule has 0 aromatic heterocycles. The van der Waals surface area contributed by atoms with Crippen LogP contribution in [0.15, 0.2) is 71.6 Å². The molecule has 9 heteroatoms. The summed E-state index contributed by atoms with van der Waals surface area (Å²) >= 11 is 0. The molecule has 1 atom stereocenters. The smallest absolute Gasteiger partial charge is 0.268 e. The van der Waals surface area contributed by atoms with Crippen molar-refractivity contribution in [1.29, 1.82) is 0 Å². The van der Waals surface area contributed by atoms with Gasteiger partial charge >= 0.3 is 0 Å². The highest BCUT2D eigenvalue weighted by Gasteiger charge is 2.31. The molecule has 1 amide bonds. The lowest BCUT2D eigenvalue weighted by Crippen LogP contribution is -2.41. The number of methoxy groups -OCH3 is 2. The Hall–Kier alpha value is -3.59. The zero-order valence-corrected chi connectivity index (χ0v) is 20.2. The van der Waals surface area contributed by atoms with Gasteiger partial charge in [-0.25, -0.2) is 12.8 Å². The Morgan fingerprint density at radius 3 is 2.38 bits per heavy atom. The van der Waals surface area contributed by atoms with Crippen LogP contribution in [-0.4, -0.2) is 35.1 Å². The number of ether oxygens (including phenoxy) is 2. The number of nitrogens with one attached hydrogen (secondary N) is 1. The highest BCUT2D eigenvalue weighted by atomic mass is 32.2. The average Bonchev–Trinajstić information content (AvgIpc) is 2.82. The number of carbonyl (C=O) groups is 1. The van der Waals surface area contributed by atoms with Gasteiger partial charge in [-0.3, -0.25) is 9.10 Å². The summed E-state index contributed by atoms with van der Waals surface area (Å²) in [6.45, 7) is 3.02. The van der Waals surface area contributed by atoms with Gasteiger partial charge in [-0.15, -0.1) is 0 Å². The second-order valence-corrected chi connectivity index (χ2v) is 9.54. The molecular weight excluding hydrogens is 459 g/mol. The van der Waals surface area contributed by atoms with Gasteiger partial charge in [0.05, 0.1) is 25.9 Å². The van der Waals surface area contributed by atoms with Crippen LogP contribution in [-0.2, 0) is 14.8 Å². The van der Waals surface area contributed by atoms with Crippen LogP contribution in [0.4, 0.5) is 10.1 Å². The fourth-order valence-electron chi connectivity index (χ4n) is 3.44. The van der Waals surface area contributed by atoms with E-state index in [1.165, 1.54) is 38.5 Å². The average molecular weight is 487 g/mol. The minimum absolute atomic E-state index is 0.0581. The molecule has 0 aliphatic carbocycles. The number of benzene rings is 3. The van der Waals surface area contributed by atoms with Gasteiger partial charge < -0.3 is 14.8 Å². The number of hydrogen-bond acceptors (Lipinski definition) is 5. The van der Waals surface area contributed by atoms with Crippen LogP contribution in [0, 0.1) is 12.7 Å². The molecule has 0 aliphatic rings. The quantitative estimate of drug-likeness (QED) is 0.490. The van der Waals surface area contributed by atoms with Crippen molar-refractivity contribution in [3.05, 3.63) is 83.7 Å². The van der Waals surface area contributed by atoms with E-state index in [2.05, 4.69) is 5.32 Å². The van der Waals surface area contributed by atoms with Crippen LogP contribution in [0.1, 0.15) is 24.1 Å². The monoisotopic (exact) mass is 486 g/mol. The molecule has 0 aliphatic heterocycles. The van der Waals surface area contributed by atoms with Gasteiger partial charge in [0.25, 0.3) is 10.0 Å². The summed E-state index contributed by atoms with van der Waals surface area (Å²) < 4.78 is 52.3. The summed E-state index contributed by atoms with van der Waals surface area (Å²) in [5, 5.41) is 2.78. The number of nitrogens with zero attached hydrogens (tertiary/aromatic N) is 1. The van der Waals surface area contributed by atoms with E-state index in [0.717, 1.165) is 9.87 Å². The normalized spacial score (nSPS) is 12.0. The highest BCUT2D eigenvalue weighted by molar-refractivity contribution is 7.93. The van der Waals surface area contributed by atoms with Gasteiger partial charge in [0, 0.05) is 6.07 Å². The minimum atomic E-state index is -4.20. The van der Waals surface area contributed by atoms with Crippen LogP contribution >= 0.6 is 0 Å². The summed E-state index contributed by atoms with van der Waals surface area (Å²) in [4.78, 5) is 12.9. The molecule has 180 valence electrons. The van der Waals surface area contributed by atoms with Crippen LogP contribution in [0.25, 0.3) is 0 Å². The molecule has 3 aromatic carbocycles. The maximum atomic E-state index is 13.8. The van der Waals surface area contributed by atoms with E-state index in [4.69, 9.17) is 9.47 Å². The first-order valence-corrected chi connectivity index (χ1v) is 12.0. The fraction of sp³-hybridized carbons (Fsp3) is 0.240. The predicted octanol–water partition coefficient (Wildman–Crippen LogP) is 4.22. The molecule has 0 spiro atoms. The van der Waals surface area contributed by atoms with Crippen LogP contribution in [0.5, 0.6) is 11.5 Å². The zero-order chi connectivity index (χ0) is 24.9. The second-order valence-electron chi connectivity index (χ2n) is 7.71. The topological polar surface area (TPSA) is 84.9 Å². The van der Waals surface area contributed by atoms with Crippen molar-refractivity contribution < 1.29 is 27.1 Å². The largest absolute Gasteiger partial charge is 0.497 e. The Balaban J connectivity index is 1.98. The number of anilines is 1. The van der Waals surface area contributed by atoms with E-state index in [1.54, 1.807) is 56.3 Å². The molecule has 0 bridgehead atoms. The van der Waals surface area contributed by atoms with E-state index < -0.39 is 28.5 Å². The number of rotatable bonds is 9. The third kappa shape index (κ3) is 5.66. The van der Waals surface area contributed by atoms with Crippen molar-refractivity contribution in [2.75, 3.05) is 25.1 Å². The van der Waals surface area contributed by atoms with E-state index in [9.17, 15) is 17.6 Å². The lowest BCUT2D eigenvalue weighted by atomic mass is 10.1. The van der Waals surface area contributed by atoms with Gasteiger partial charge in [0.1, 0.15) is 28.8 Å². The van der Waals surface area contributed by atoms with Crippen molar-refractivity contribution >= 4 is 21.6 Å². The molecule has 3 rings (SSSR count). The highest BCUT2D eigenvalue weighted by Crippen LogP contribution is 2.32. The van der Waals surface area contributed by atoms with Crippen molar-refractivity contribution in [2.45, 2.75) is 24.8 Å². The molecule has 0 heterocycles. The first-order valence-electron chi connectivity index (χ1n) is 10.5. The Bertz CT molecular complexity index is 1260. The Morgan fingerprint density at radius 1 is 1.03 bits per heavy atom. The molecule has 0 unspecified atom stereocenters. The van der Waals surface area contributed by atoms with E-state index >= 15 is 0 Å². The van der Waals surface area contributed by atoms with Crippen molar-refractivity contribution in [3.8, 4) is 11.5 Å². The minimum Gasteiger partial charge on any atom is -0.497 e. The molecule has 0 radical (unpaired) electrons. The van der Waals surface area contributed by atoms with E-state index in [-0.39, 0.29) is 22.1 Å². The number of hydrogen-bond donors (Lipinski definition) is 1. The number of carbonyl (C=O) groups excluding carboxylic acids is 1. The first-order chi connectivity index (χ1) is 16.1. The number of halogens is 1. The number of aryl methyl sites for hydroxylation is 1. The zero-order valence-electron chi connectivity index (χ0n) is 19.4. The Kier molecular flexibility index (Phi) is 7.78. The van der Waals surface area contributed by atoms with Gasteiger partial charge in [-0.1, -0.05) is 24.3 Å². The third-order valence-electron chi connectivity index (χ3n) is 5.26. The van der Waals surface area contributed by atoms with Crippen molar-refractivity contribution in [1.82, 2.24) is 5.32 Å².